The van der Waals surface area contributed by atoms with Gasteiger partial charge in [0.05, 0.1) is 6.10 Å². The average Bonchev–Trinajstić information content (AvgIpc) is 2.41. The van der Waals surface area contributed by atoms with Gasteiger partial charge in [-0.2, -0.15) is 0 Å². The number of phenolic OH excluding ortho intramolecular Hbond substituents is 1. The van der Waals surface area contributed by atoms with Crippen molar-refractivity contribution in [1.29, 1.82) is 0 Å². The van der Waals surface area contributed by atoms with E-state index in [4.69, 9.17) is 0 Å². The van der Waals surface area contributed by atoms with Crippen LogP contribution in [-0.2, 0) is 6.54 Å². The summed E-state index contributed by atoms with van der Waals surface area (Å²) in [6, 6.07) is 12.7. The van der Waals surface area contributed by atoms with Crippen LogP contribution in [0.25, 0.3) is 0 Å². The first kappa shape index (κ1) is 13.5. The van der Waals surface area contributed by atoms with Crippen LogP contribution >= 0.6 is 0 Å². The van der Waals surface area contributed by atoms with Gasteiger partial charge in [-0.3, -0.25) is 0 Å². The van der Waals surface area contributed by atoms with Gasteiger partial charge in [-0.25, -0.2) is 4.39 Å². The van der Waals surface area contributed by atoms with E-state index in [1.165, 1.54) is 18.2 Å². The smallest absolute Gasteiger partial charge is 0.123 e. The maximum atomic E-state index is 12.7. The molecule has 1 atom stereocenters. The van der Waals surface area contributed by atoms with Crippen molar-refractivity contribution < 1.29 is 14.6 Å². The van der Waals surface area contributed by atoms with Gasteiger partial charge in [-0.1, -0.05) is 24.3 Å². The molecule has 0 aliphatic heterocycles. The van der Waals surface area contributed by atoms with Gasteiger partial charge in [0, 0.05) is 13.1 Å². The fourth-order valence-electron chi connectivity index (χ4n) is 1.81. The van der Waals surface area contributed by atoms with E-state index in [9.17, 15) is 14.6 Å². The highest BCUT2D eigenvalue weighted by Crippen LogP contribution is 2.17. The Bertz CT molecular complexity index is 528. The van der Waals surface area contributed by atoms with Gasteiger partial charge in [0.15, 0.2) is 0 Å². The van der Waals surface area contributed by atoms with Gasteiger partial charge in [-0.15, -0.1) is 0 Å². The second kappa shape index (κ2) is 6.31. The van der Waals surface area contributed by atoms with E-state index in [1.807, 2.05) is 0 Å². The molecular weight excluding hydrogens is 245 g/mol. The summed E-state index contributed by atoms with van der Waals surface area (Å²) < 4.78 is 12.7. The maximum Gasteiger partial charge on any atom is 0.123 e. The number of nitrogens with one attached hydrogen (secondary N) is 1. The van der Waals surface area contributed by atoms with Crippen LogP contribution in [0, 0.1) is 5.82 Å². The Morgan fingerprint density at radius 3 is 2.53 bits per heavy atom. The molecule has 2 aromatic carbocycles. The van der Waals surface area contributed by atoms with Crippen LogP contribution < -0.4 is 5.32 Å². The molecular formula is C15H16FNO2. The summed E-state index contributed by atoms with van der Waals surface area (Å²) in [5.41, 5.74) is 1.61. The van der Waals surface area contributed by atoms with Crippen LogP contribution in [0.5, 0.6) is 5.75 Å². The normalized spacial score (nSPS) is 12.3. The molecule has 0 bridgehead atoms. The van der Waals surface area contributed by atoms with Crippen molar-refractivity contribution in [3.8, 4) is 5.75 Å². The molecule has 100 valence electrons. The van der Waals surface area contributed by atoms with E-state index in [2.05, 4.69) is 5.32 Å². The lowest BCUT2D eigenvalue weighted by Gasteiger charge is -2.12. The number of hydrogen-bond acceptors (Lipinski definition) is 3. The lowest BCUT2D eigenvalue weighted by molar-refractivity contribution is 0.174. The average molecular weight is 261 g/mol. The standard InChI is InChI=1S/C15H16FNO2/c16-13-6-4-11(5-7-13)9-17-10-15(19)12-2-1-3-14(18)8-12/h1-8,15,17-19H,9-10H2. The molecule has 3 N–H and O–H groups in total. The zero-order valence-corrected chi connectivity index (χ0v) is 10.4. The number of phenols is 1. The summed E-state index contributed by atoms with van der Waals surface area (Å²) >= 11 is 0. The highest BCUT2D eigenvalue weighted by atomic mass is 19.1. The van der Waals surface area contributed by atoms with Gasteiger partial charge < -0.3 is 15.5 Å². The molecule has 0 aromatic heterocycles. The van der Waals surface area contributed by atoms with Crippen molar-refractivity contribution in [2.75, 3.05) is 6.54 Å². The number of aliphatic hydroxyl groups is 1. The number of hydrogen-bond donors (Lipinski definition) is 3. The molecule has 0 saturated carbocycles. The summed E-state index contributed by atoms with van der Waals surface area (Å²) in [4.78, 5) is 0. The molecule has 0 aliphatic carbocycles. The van der Waals surface area contributed by atoms with E-state index in [0.717, 1.165) is 5.56 Å². The molecule has 3 nitrogen and oxygen atoms in total. The Hall–Kier alpha value is -1.91. The van der Waals surface area contributed by atoms with Crippen LogP contribution in [0.4, 0.5) is 4.39 Å². The monoisotopic (exact) mass is 261 g/mol. The highest BCUT2D eigenvalue weighted by Gasteiger charge is 2.07. The molecule has 19 heavy (non-hydrogen) atoms. The first-order valence-corrected chi connectivity index (χ1v) is 6.07. The molecule has 2 rings (SSSR count). The lowest BCUT2D eigenvalue weighted by atomic mass is 10.1. The third kappa shape index (κ3) is 4.05. The minimum absolute atomic E-state index is 0.134. The molecule has 0 aliphatic rings. The fraction of sp³-hybridized carbons (Fsp3) is 0.200. The molecule has 1 unspecified atom stereocenters. The maximum absolute atomic E-state index is 12.7. The SMILES string of the molecule is Oc1cccc(C(O)CNCc2ccc(F)cc2)c1. The quantitative estimate of drug-likeness (QED) is 0.774. The van der Waals surface area contributed by atoms with E-state index in [0.29, 0.717) is 18.7 Å². The fourth-order valence-corrected chi connectivity index (χ4v) is 1.81. The summed E-state index contributed by atoms with van der Waals surface area (Å²) in [5.74, 6) is -0.126. The molecule has 0 amide bonds. The summed E-state index contributed by atoms with van der Waals surface area (Å²) in [7, 11) is 0. The van der Waals surface area contributed by atoms with E-state index in [-0.39, 0.29) is 11.6 Å². The van der Waals surface area contributed by atoms with Gasteiger partial charge in [0.1, 0.15) is 11.6 Å². The molecule has 2 aromatic rings. The molecule has 0 radical (unpaired) electrons. The van der Waals surface area contributed by atoms with Gasteiger partial charge in [0.2, 0.25) is 0 Å². The Morgan fingerprint density at radius 2 is 1.84 bits per heavy atom. The Kier molecular flexibility index (Phi) is 4.49. The second-order valence-corrected chi connectivity index (χ2v) is 4.37. The van der Waals surface area contributed by atoms with Crippen molar-refractivity contribution in [3.63, 3.8) is 0 Å². The van der Waals surface area contributed by atoms with E-state index in [1.54, 1.807) is 30.3 Å². The van der Waals surface area contributed by atoms with Gasteiger partial charge in [0.25, 0.3) is 0 Å². The predicted octanol–water partition coefficient (Wildman–Crippen LogP) is 2.35. The van der Waals surface area contributed by atoms with Crippen molar-refractivity contribution >= 4 is 0 Å². The van der Waals surface area contributed by atoms with Crippen LogP contribution in [0.15, 0.2) is 48.5 Å². The zero-order valence-electron chi connectivity index (χ0n) is 10.4. The van der Waals surface area contributed by atoms with E-state index < -0.39 is 6.10 Å². The predicted molar refractivity (Wildman–Crippen MR) is 71.2 cm³/mol. The number of rotatable bonds is 5. The van der Waals surface area contributed by atoms with Crippen LogP contribution in [0.3, 0.4) is 0 Å². The topological polar surface area (TPSA) is 52.5 Å². The van der Waals surface area contributed by atoms with E-state index >= 15 is 0 Å². The van der Waals surface area contributed by atoms with Crippen molar-refractivity contribution in [2.24, 2.45) is 0 Å². The van der Waals surface area contributed by atoms with Crippen LogP contribution in [0.2, 0.25) is 0 Å². The van der Waals surface area contributed by atoms with Crippen LogP contribution in [0.1, 0.15) is 17.2 Å². The Morgan fingerprint density at radius 1 is 1.11 bits per heavy atom. The first-order chi connectivity index (χ1) is 9.15. The van der Waals surface area contributed by atoms with Gasteiger partial charge in [-0.05, 0) is 35.4 Å². The summed E-state index contributed by atoms with van der Waals surface area (Å²) in [6.45, 7) is 0.914. The second-order valence-electron chi connectivity index (χ2n) is 4.37. The minimum atomic E-state index is -0.687. The molecule has 0 spiro atoms. The van der Waals surface area contributed by atoms with Crippen LogP contribution in [-0.4, -0.2) is 16.8 Å². The largest absolute Gasteiger partial charge is 0.508 e. The summed E-state index contributed by atoms with van der Waals surface area (Å²) in [5, 5.41) is 22.3. The molecule has 0 fully saturated rings. The molecule has 0 saturated heterocycles. The minimum Gasteiger partial charge on any atom is -0.508 e. The third-order valence-corrected chi connectivity index (χ3v) is 2.84. The van der Waals surface area contributed by atoms with Gasteiger partial charge >= 0.3 is 0 Å². The Labute approximate surface area is 111 Å². The Balaban J connectivity index is 1.84. The number of aromatic hydroxyl groups is 1. The first-order valence-electron chi connectivity index (χ1n) is 6.07. The lowest BCUT2D eigenvalue weighted by Crippen LogP contribution is -2.21. The molecule has 0 heterocycles. The number of aliphatic hydroxyl groups excluding tert-OH is 1. The van der Waals surface area contributed by atoms with Crippen molar-refractivity contribution in [3.05, 3.63) is 65.5 Å². The molecule has 4 heteroatoms. The zero-order chi connectivity index (χ0) is 13.7. The van der Waals surface area contributed by atoms with Crippen molar-refractivity contribution in [2.45, 2.75) is 12.6 Å². The number of benzene rings is 2. The van der Waals surface area contributed by atoms with Crippen molar-refractivity contribution in [1.82, 2.24) is 5.32 Å². The summed E-state index contributed by atoms with van der Waals surface area (Å²) in [6.07, 6.45) is -0.687. The number of halogens is 1. The highest BCUT2D eigenvalue weighted by molar-refractivity contribution is 5.28. The third-order valence-electron chi connectivity index (χ3n) is 2.84.